The van der Waals surface area contributed by atoms with Crippen LogP contribution in [0.4, 0.5) is 0 Å². The number of hydrogen-bond acceptors (Lipinski definition) is 4. The number of aromatic hydroxyl groups is 2. The van der Waals surface area contributed by atoms with Gasteiger partial charge in [0.1, 0.15) is 0 Å². The minimum atomic E-state index is -5.14. The van der Waals surface area contributed by atoms with Crippen LogP contribution >= 0.6 is 46.4 Å². The quantitative estimate of drug-likeness (QED) is 0.239. The van der Waals surface area contributed by atoms with Crippen LogP contribution < -0.4 is 0 Å². The van der Waals surface area contributed by atoms with E-state index in [1.807, 2.05) is 0 Å². The zero-order valence-electron chi connectivity index (χ0n) is 14.3. The summed E-state index contributed by atoms with van der Waals surface area (Å²) in [6.45, 7) is 0. The highest BCUT2D eigenvalue weighted by Gasteiger charge is 2.53. The van der Waals surface area contributed by atoms with Crippen LogP contribution in [0.3, 0.4) is 0 Å². The van der Waals surface area contributed by atoms with Gasteiger partial charge in [-0.1, -0.05) is 82.8 Å². The van der Waals surface area contributed by atoms with Crippen LogP contribution in [0.15, 0.2) is 54.6 Å². The summed E-state index contributed by atoms with van der Waals surface area (Å²) < 4.78 is 33.9. The molecule has 5 nitrogen and oxygen atoms in total. The molecule has 0 fully saturated rings. The summed E-state index contributed by atoms with van der Waals surface area (Å²) in [5.41, 5.74) is -0.719. The molecule has 0 heterocycles. The molecule has 152 valence electrons. The minimum Gasteiger partial charge on any atom is -0.504 e. The number of rotatable bonds is 4. The molecule has 3 N–H and O–H groups in total. The van der Waals surface area contributed by atoms with Gasteiger partial charge in [-0.25, -0.2) is 0 Å². The zero-order valence-corrected chi connectivity index (χ0v) is 18.1. The van der Waals surface area contributed by atoms with Crippen molar-refractivity contribution < 1.29 is 23.2 Å². The molecular formula is C19H12Cl4O5S. The van der Waals surface area contributed by atoms with Crippen molar-refractivity contribution in [3.05, 3.63) is 91.4 Å². The first-order chi connectivity index (χ1) is 13.5. The van der Waals surface area contributed by atoms with Gasteiger partial charge in [-0.2, -0.15) is 8.42 Å². The number of phenolic OH excluding ortho intramolecular Hbond substituents is 2. The lowest BCUT2D eigenvalue weighted by Gasteiger charge is -2.34. The van der Waals surface area contributed by atoms with Crippen molar-refractivity contribution in [1.29, 1.82) is 0 Å². The van der Waals surface area contributed by atoms with Gasteiger partial charge in [-0.15, -0.1) is 0 Å². The van der Waals surface area contributed by atoms with Crippen LogP contribution in [0.5, 0.6) is 11.5 Å². The van der Waals surface area contributed by atoms with Crippen LogP contribution in [0.25, 0.3) is 0 Å². The summed E-state index contributed by atoms with van der Waals surface area (Å²) in [4.78, 5) is 0. The van der Waals surface area contributed by atoms with E-state index in [9.17, 15) is 23.2 Å². The SMILES string of the molecule is O=S(=O)(O)C(c1ccccc1)(c1ccc(Cl)cc1Cl)c1c(O)c(O)cc(Cl)c1Cl. The molecule has 0 aliphatic heterocycles. The molecule has 0 aromatic heterocycles. The van der Waals surface area contributed by atoms with E-state index in [0.29, 0.717) is 0 Å². The van der Waals surface area contributed by atoms with Gasteiger partial charge in [0.25, 0.3) is 10.1 Å². The van der Waals surface area contributed by atoms with Gasteiger partial charge >= 0.3 is 0 Å². The Hall–Kier alpha value is -1.67. The van der Waals surface area contributed by atoms with Crippen LogP contribution in [-0.2, 0) is 14.9 Å². The second-order valence-corrected chi connectivity index (χ2v) is 9.25. The molecular weight excluding hydrogens is 482 g/mol. The van der Waals surface area contributed by atoms with E-state index < -0.39 is 37.0 Å². The van der Waals surface area contributed by atoms with E-state index in [1.165, 1.54) is 42.5 Å². The van der Waals surface area contributed by atoms with Crippen LogP contribution in [0.2, 0.25) is 20.1 Å². The first-order valence-electron chi connectivity index (χ1n) is 7.90. The van der Waals surface area contributed by atoms with Crippen molar-refractivity contribution in [1.82, 2.24) is 0 Å². The summed E-state index contributed by atoms with van der Waals surface area (Å²) >= 11 is 24.6. The first kappa shape index (κ1) is 22.0. The average molecular weight is 494 g/mol. The number of benzene rings is 3. The standard InChI is InChI=1S/C19H12Cl4O5S/c20-11-6-7-12(13(21)8-11)19(29(26,27)28,10-4-2-1-3-5-10)16-17(23)14(22)9-15(24)18(16)25/h1-9,24-25H,(H,26,27,28). The molecule has 0 saturated carbocycles. The Balaban J connectivity index is 2.67. The topological polar surface area (TPSA) is 94.8 Å². The lowest BCUT2D eigenvalue weighted by Crippen LogP contribution is -2.39. The second-order valence-electron chi connectivity index (χ2n) is 6.06. The summed E-state index contributed by atoms with van der Waals surface area (Å²) in [5.74, 6) is -1.62. The smallest absolute Gasteiger partial charge is 0.283 e. The molecule has 3 aromatic carbocycles. The van der Waals surface area contributed by atoms with Gasteiger partial charge in [0.15, 0.2) is 16.2 Å². The predicted molar refractivity (Wildman–Crippen MR) is 114 cm³/mol. The van der Waals surface area contributed by atoms with Gasteiger partial charge in [-0.05, 0) is 17.7 Å². The number of halogens is 4. The predicted octanol–water partition coefficient (Wildman–Crippen LogP) is 5.89. The molecule has 29 heavy (non-hydrogen) atoms. The molecule has 0 spiro atoms. The molecule has 0 aliphatic rings. The summed E-state index contributed by atoms with van der Waals surface area (Å²) in [7, 11) is -5.14. The number of hydrogen-bond donors (Lipinski definition) is 3. The number of phenols is 2. The molecule has 10 heteroatoms. The molecule has 3 aromatic rings. The highest BCUT2D eigenvalue weighted by Crippen LogP contribution is 2.55. The fraction of sp³-hybridized carbons (Fsp3) is 0.0526. The monoisotopic (exact) mass is 492 g/mol. The Bertz CT molecular complexity index is 1170. The first-order valence-corrected chi connectivity index (χ1v) is 10.9. The van der Waals surface area contributed by atoms with Crippen molar-refractivity contribution in [3.63, 3.8) is 0 Å². The van der Waals surface area contributed by atoms with Crippen molar-refractivity contribution in [2.45, 2.75) is 4.75 Å². The lowest BCUT2D eigenvalue weighted by molar-refractivity contribution is 0.394. The van der Waals surface area contributed by atoms with Crippen LogP contribution in [0, 0.1) is 0 Å². The van der Waals surface area contributed by atoms with Gasteiger partial charge in [0.05, 0.1) is 15.6 Å². The average Bonchev–Trinajstić information content (AvgIpc) is 2.64. The van der Waals surface area contributed by atoms with E-state index in [1.54, 1.807) is 6.07 Å². The van der Waals surface area contributed by atoms with E-state index in [0.717, 1.165) is 6.07 Å². The molecule has 3 rings (SSSR count). The molecule has 1 atom stereocenters. The van der Waals surface area contributed by atoms with Gasteiger partial charge in [-0.3, -0.25) is 4.55 Å². The highest BCUT2D eigenvalue weighted by molar-refractivity contribution is 7.87. The third-order valence-electron chi connectivity index (χ3n) is 4.40. The van der Waals surface area contributed by atoms with Crippen molar-refractivity contribution in [3.8, 4) is 11.5 Å². The fourth-order valence-corrected chi connectivity index (χ4v) is 5.72. The summed E-state index contributed by atoms with van der Waals surface area (Å²) in [5, 5.41) is 20.2. The van der Waals surface area contributed by atoms with Gasteiger partial charge in [0.2, 0.25) is 0 Å². The van der Waals surface area contributed by atoms with E-state index >= 15 is 0 Å². The summed E-state index contributed by atoms with van der Waals surface area (Å²) in [6, 6.07) is 12.3. The fourth-order valence-electron chi connectivity index (χ4n) is 3.22. The molecule has 1 unspecified atom stereocenters. The third-order valence-corrected chi connectivity index (χ3v) is 7.17. The minimum absolute atomic E-state index is 0.00871. The maximum atomic E-state index is 13.0. The van der Waals surface area contributed by atoms with E-state index in [4.69, 9.17) is 46.4 Å². The molecule has 0 saturated heterocycles. The zero-order chi connectivity index (χ0) is 21.6. The molecule has 0 amide bonds. The van der Waals surface area contributed by atoms with Crippen molar-refractivity contribution >= 4 is 56.5 Å². The Morgan fingerprint density at radius 1 is 0.828 bits per heavy atom. The maximum Gasteiger partial charge on any atom is 0.283 e. The van der Waals surface area contributed by atoms with Gasteiger partial charge in [0, 0.05) is 21.7 Å². The largest absolute Gasteiger partial charge is 0.504 e. The van der Waals surface area contributed by atoms with Gasteiger partial charge < -0.3 is 10.2 Å². The maximum absolute atomic E-state index is 13.0. The summed E-state index contributed by atoms with van der Waals surface area (Å²) in [6.07, 6.45) is 0. The normalized spacial score (nSPS) is 13.8. The van der Waals surface area contributed by atoms with Crippen LogP contribution in [-0.4, -0.2) is 23.2 Å². The van der Waals surface area contributed by atoms with E-state index in [2.05, 4.69) is 0 Å². The second kappa shape index (κ2) is 7.87. The van der Waals surface area contributed by atoms with Crippen molar-refractivity contribution in [2.75, 3.05) is 0 Å². The Labute approximate surface area is 186 Å². The highest BCUT2D eigenvalue weighted by atomic mass is 35.5. The van der Waals surface area contributed by atoms with Crippen molar-refractivity contribution in [2.24, 2.45) is 0 Å². The Morgan fingerprint density at radius 2 is 1.45 bits per heavy atom. The van der Waals surface area contributed by atoms with Crippen LogP contribution in [0.1, 0.15) is 16.7 Å². The Morgan fingerprint density at radius 3 is 2.00 bits per heavy atom. The lowest BCUT2D eigenvalue weighted by atomic mass is 9.83. The third kappa shape index (κ3) is 3.54. The molecule has 0 radical (unpaired) electrons. The van der Waals surface area contributed by atoms with E-state index in [-0.39, 0.29) is 26.2 Å². The molecule has 0 bridgehead atoms. The Kier molecular flexibility index (Phi) is 5.98. The molecule has 0 aliphatic carbocycles.